The van der Waals surface area contributed by atoms with E-state index in [1.54, 1.807) is 12.1 Å². The smallest absolute Gasteiger partial charge is 0.314 e. The molecule has 1 aliphatic carbocycles. The van der Waals surface area contributed by atoms with Crippen LogP contribution in [0.5, 0.6) is 0 Å². The van der Waals surface area contributed by atoms with Gasteiger partial charge in [-0.25, -0.2) is 4.39 Å². The van der Waals surface area contributed by atoms with Gasteiger partial charge in [0.25, 0.3) is 0 Å². The zero-order chi connectivity index (χ0) is 11.9. The number of hydrogen-bond acceptors (Lipinski definition) is 1. The van der Waals surface area contributed by atoms with Gasteiger partial charge in [0.2, 0.25) is 0 Å². The first-order valence-corrected chi connectivity index (χ1v) is 5.61. The minimum atomic E-state index is -1.03. The van der Waals surface area contributed by atoms with Gasteiger partial charge in [0.1, 0.15) is 5.82 Å². The molecule has 16 heavy (non-hydrogen) atoms. The van der Waals surface area contributed by atoms with E-state index in [2.05, 4.69) is 0 Å². The van der Waals surface area contributed by atoms with Crippen molar-refractivity contribution in [3.8, 4) is 0 Å². The van der Waals surface area contributed by atoms with Crippen molar-refractivity contribution >= 4 is 17.6 Å². The lowest BCUT2D eigenvalue weighted by atomic mass is 9.93. The molecule has 1 aromatic rings. The second-order valence-electron chi connectivity index (χ2n) is 4.18. The van der Waals surface area contributed by atoms with E-state index < -0.39 is 17.2 Å². The Balaban J connectivity index is 2.56. The molecule has 1 fully saturated rings. The third-order valence-electron chi connectivity index (χ3n) is 3.17. The van der Waals surface area contributed by atoms with E-state index in [0.29, 0.717) is 19.3 Å². The van der Waals surface area contributed by atoms with E-state index >= 15 is 0 Å². The van der Waals surface area contributed by atoms with Crippen LogP contribution in [0.3, 0.4) is 0 Å². The molecule has 0 bridgehead atoms. The number of hydrogen-bond donors (Lipinski definition) is 1. The lowest BCUT2D eigenvalue weighted by Gasteiger charge is -2.13. The van der Waals surface area contributed by atoms with Crippen molar-refractivity contribution < 1.29 is 14.3 Å². The lowest BCUT2D eigenvalue weighted by Crippen LogP contribution is -2.21. The van der Waals surface area contributed by atoms with Gasteiger partial charge >= 0.3 is 5.97 Å². The van der Waals surface area contributed by atoms with E-state index in [9.17, 15) is 9.18 Å². The van der Waals surface area contributed by atoms with Crippen molar-refractivity contribution in [3.63, 3.8) is 0 Å². The molecule has 4 heteroatoms. The fourth-order valence-corrected chi connectivity index (χ4v) is 2.16. The van der Waals surface area contributed by atoms with E-state index in [-0.39, 0.29) is 10.6 Å². The minimum absolute atomic E-state index is 0.0156. The Hall–Kier alpha value is -1.09. The zero-order valence-electron chi connectivity index (χ0n) is 8.89. The summed E-state index contributed by atoms with van der Waals surface area (Å²) in [5, 5.41) is 9.14. The lowest BCUT2D eigenvalue weighted by molar-refractivity contribution is -0.140. The Labute approximate surface area is 98.0 Å². The summed E-state index contributed by atoms with van der Waals surface area (Å²) in [6, 6.07) is 3.18. The average molecular weight is 243 g/mol. The van der Waals surface area contributed by atoms with Crippen LogP contribution in [0.1, 0.15) is 30.9 Å². The highest BCUT2D eigenvalue weighted by atomic mass is 35.5. The van der Waals surface area contributed by atoms with Gasteiger partial charge in [0.15, 0.2) is 0 Å². The predicted octanol–water partition coefficient (Wildman–Crippen LogP) is 3.16. The standard InChI is InChI=1S/C12H12ClFO2/c1-2-7-5-8(10(14)9(13)6-7)12(3-4-12)11(15)16/h5-6H,2-4H2,1H3,(H,15,16). The van der Waals surface area contributed by atoms with Gasteiger partial charge in [-0.1, -0.05) is 24.6 Å². The van der Waals surface area contributed by atoms with Crippen LogP contribution in [-0.2, 0) is 16.6 Å². The number of aryl methyl sites for hydroxylation is 1. The summed E-state index contributed by atoms with van der Waals surface area (Å²) in [7, 11) is 0. The summed E-state index contributed by atoms with van der Waals surface area (Å²) in [5.74, 6) is -1.55. The van der Waals surface area contributed by atoms with Gasteiger partial charge in [-0.3, -0.25) is 4.79 Å². The number of carboxylic acid groups (broad SMARTS) is 1. The van der Waals surface area contributed by atoms with Gasteiger partial charge in [-0.2, -0.15) is 0 Å². The molecule has 0 spiro atoms. The van der Waals surface area contributed by atoms with Crippen LogP contribution in [0.15, 0.2) is 12.1 Å². The highest BCUT2D eigenvalue weighted by molar-refractivity contribution is 6.31. The van der Waals surface area contributed by atoms with Gasteiger partial charge in [0.05, 0.1) is 10.4 Å². The Morgan fingerprint density at radius 2 is 2.19 bits per heavy atom. The molecule has 0 heterocycles. The molecule has 0 atom stereocenters. The summed E-state index contributed by atoms with van der Waals surface area (Å²) in [5.41, 5.74) is 0.0806. The van der Waals surface area contributed by atoms with Crippen LogP contribution in [0.4, 0.5) is 4.39 Å². The van der Waals surface area contributed by atoms with Crippen molar-refractivity contribution in [1.82, 2.24) is 0 Å². The first-order chi connectivity index (χ1) is 7.51. The summed E-state index contributed by atoms with van der Waals surface area (Å²) in [6.07, 6.45) is 1.69. The molecule has 2 nitrogen and oxygen atoms in total. The molecule has 0 saturated heterocycles. The Kier molecular flexibility index (Phi) is 2.66. The quantitative estimate of drug-likeness (QED) is 0.884. The van der Waals surface area contributed by atoms with Crippen molar-refractivity contribution in [1.29, 1.82) is 0 Å². The summed E-state index contributed by atoms with van der Waals surface area (Å²) in [6.45, 7) is 1.92. The molecule has 0 aliphatic heterocycles. The van der Waals surface area contributed by atoms with E-state index in [4.69, 9.17) is 16.7 Å². The molecule has 0 aromatic heterocycles. The normalized spacial score (nSPS) is 17.2. The minimum Gasteiger partial charge on any atom is -0.481 e. The second-order valence-corrected chi connectivity index (χ2v) is 4.59. The first kappa shape index (κ1) is 11.4. The number of rotatable bonds is 3. The number of carbonyl (C=O) groups is 1. The van der Waals surface area contributed by atoms with E-state index in [1.807, 2.05) is 6.92 Å². The molecule has 1 saturated carbocycles. The number of halogens is 2. The van der Waals surface area contributed by atoms with Crippen molar-refractivity contribution in [3.05, 3.63) is 34.1 Å². The third-order valence-corrected chi connectivity index (χ3v) is 3.45. The fourth-order valence-electron chi connectivity index (χ4n) is 1.92. The maximum atomic E-state index is 13.8. The van der Waals surface area contributed by atoms with Crippen LogP contribution < -0.4 is 0 Å². The van der Waals surface area contributed by atoms with Gasteiger partial charge < -0.3 is 5.11 Å². The van der Waals surface area contributed by atoms with Crippen LogP contribution in [0, 0.1) is 5.82 Å². The molecule has 1 aliphatic rings. The molecule has 0 unspecified atom stereocenters. The van der Waals surface area contributed by atoms with Gasteiger partial charge in [0, 0.05) is 5.56 Å². The van der Waals surface area contributed by atoms with Crippen molar-refractivity contribution in [2.24, 2.45) is 0 Å². The number of carboxylic acids is 1. The fraction of sp³-hybridized carbons (Fsp3) is 0.417. The van der Waals surface area contributed by atoms with Crippen LogP contribution >= 0.6 is 11.6 Å². The van der Waals surface area contributed by atoms with Gasteiger partial charge in [-0.05, 0) is 30.9 Å². The van der Waals surface area contributed by atoms with Crippen molar-refractivity contribution in [2.45, 2.75) is 31.6 Å². The number of benzene rings is 1. The monoisotopic (exact) mass is 242 g/mol. The van der Waals surface area contributed by atoms with Crippen molar-refractivity contribution in [2.75, 3.05) is 0 Å². The first-order valence-electron chi connectivity index (χ1n) is 5.23. The summed E-state index contributed by atoms with van der Waals surface area (Å²) >= 11 is 5.77. The highest BCUT2D eigenvalue weighted by Gasteiger charge is 2.53. The van der Waals surface area contributed by atoms with E-state index in [1.165, 1.54) is 0 Å². The zero-order valence-corrected chi connectivity index (χ0v) is 9.64. The Morgan fingerprint density at radius 1 is 1.56 bits per heavy atom. The largest absolute Gasteiger partial charge is 0.481 e. The molecule has 0 radical (unpaired) electrons. The molecule has 1 N–H and O–H groups in total. The summed E-state index contributed by atoms with van der Waals surface area (Å²) in [4.78, 5) is 11.1. The predicted molar refractivity (Wildman–Crippen MR) is 59.3 cm³/mol. The average Bonchev–Trinajstić information content (AvgIpc) is 3.02. The Bertz CT molecular complexity index is 453. The Morgan fingerprint density at radius 3 is 2.62 bits per heavy atom. The highest BCUT2D eigenvalue weighted by Crippen LogP contribution is 2.50. The van der Waals surface area contributed by atoms with Crippen LogP contribution in [0.25, 0.3) is 0 Å². The topological polar surface area (TPSA) is 37.3 Å². The molecule has 0 amide bonds. The maximum absolute atomic E-state index is 13.8. The number of aliphatic carboxylic acids is 1. The molecular formula is C12H12ClFO2. The summed E-state index contributed by atoms with van der Waals surface area (Å²) < 4.78 is 13.8. The SMILES string of the molecule is CCc1cc(Cl)c(F)c(C2(C(=O)O)CC2)c1. The molecule has 1 aromatic carbocycles. The van der Waals surface area contributed by atoms with Gasteiger partial charge in [-0.15, -0.1) is 0 Å². The van der Waals surface area contributed by atoms with Crippen LogP contribution in [-0.4, -0.2) is 11.1 Å². The van der Waals surface area contributed by atoms with Crippen LogP contribution in [0.2, 0.25) is 5.02 Å². The van der Waals surface area contributed by atoms with E-state index in [0.717, 1.165) is 5.56 Å². The third kappa shape index (κ3) is 1.59. The molecular weight excluding hydrogens is 231 g/mol. The molecule has 86 valence electrons. The molecule has 2 rings (SSSR count). The second kappa shape index (κ2) is 3.74. The maximum Gasteiger partial charge on any atom is 0.314 e.